The van der Waals surface area contributed by atoms with Crippen LogP contribution in [0.3, 0.4) is 0 Å². The number of anilines is 1. The van der Waals surface area contributed by atoms with E-state index in [2.05, 4.69) is 22.5 Å². The lowest BCUT2D eigenvalue weighted by atomic mass is 10.4. The van der Waals surface area contributed by atoms with Crippen LogP contribution in [0.2, 0.25) is 0 Å². The maximum Gasteiger partial charge on any atom is 0.214 e. The molecule has 1 heterocycles. The molecular weight excluding hydrogens is 190 g/mol. The topological polar surface area (TPSA) is 46.2 Å². The van der Waals surface area contributed by atoms with Crippen LogP contribution >= 0.6 is 0 Å². The molecule has 0 aliphatic heterocycles. The predicted octanol–water partition coefficient (Wildman–Crippen LogP) is 1.50. The van der Waals surface area contributed by atoms with E-state index in [-0.39, 0.29) is 0 Å². The second-order valence-electron chi connectivity index (χ2n) is 3.24. The van der Waals surface area contributed by atoms with Gasteiger partial charge in [0.05, 0.1) is 7.11 Å². The first-order valence-corrected chi connectivity index (χ1v) is 5.32. The highest BCUT2D eigenvalue weighted by molar-refractivity contribution is 5.36. The smallest absolute Gasteiger partial charge is 0.214 e. The Kier molecular flexibility index (Phi) is 5.55. The number of nitrogens with one attached hydrogen (secondary N) is 2. The number of pyridine rings is 1. The van der Waals surface area contributed by atoms with Crippen molar-refractivity contribution in [2.24, 2.45) is 0 Å². The molecule has 0 aliphatic rings. The molecule has 0 fully saturated rings. The molecule has 0 saturated carbocycles. The van der Waals surface area contributed by atoms with E-state index in [1.54, 1.807) is 7.11 Å². The number of aromatic nitrogens is 1. The fourth-order valence-corrected chi connectivity index (χ4v) is 1.21. The first kappa shape index (κ1) is 11.8. The lowest BCUT2D eigenvalue weighted by Gasteiger charge is -2.07. The Morgan fingerprint density at radius 3 is 2.87 bits per heavy atom. The number of hydrogen-bond acceptors (Lipinski definition) is 4. The molecule has 0 amide bonds. The van der Waals surface area contributed by atoms with Crippen molar-refractivity contribution in [3.63, 3.8) is 0 Å². The Morgan fingerprint density at radius 1 is 1.27 bits per heavy atom. The molecule has 1 rings (SSSR count). The van der Waals surface area contributed by atoms with E-state index in [1.165, 1.54) is 0 Å². The van der Waals surface area contributed by atoms with E-state index >= 15 is 0 Å². The third-order valence-electron chi connectivity index (χ3n) is 1.97. The summed E-state index contributed by atoms with van der Waals surface area (Å²) in [5.41, 5.74) is 0. The molecule has 0 aromatic carbocycles. The molecule has 84 valence electrons. The summed E-state index contributed by atoms with van der Waals surface area (Å²) in [5.74, 6) is 1.49. The lowest BCUT2D eigenvalue weighted by molar-refractivity contribution is 0.398. The summed E-state index contributed by atoms with van der Waals surface area (Å²) in [5, 5.41) is 6.54. The summed E-state index contributed by atoms with van der Waals surface area (Å²) in [7, 11) is 1.62. The van der Waals surface area contributed by atoms with Crippen LogP contribution in [0.5, 0.6) is 5.88 Å². The SMILES string of the molecule is CCCNCCNc1cccc(OC)n1. The van der Waals surface area contributed by atoms with Crippen molar-refractivity contribution >= 4 is 5.82 Å². The minimum atomic E-state index is 0.640. The minimum absolute atomic E-state index is 0.640. The summed E-state index contributed by atoms with van der Waals surface area (Å²) >= 11 is 0. The van der Waals surface area contributed by atoms with Crippen LogP contribution in [0.25, 0.3) is 0 Å². The van der Waals surface area contributed by atoms with E-state index in [4.69, 9.17) is 4.74 Å². The summed E-state index contributed by atoms with van der Waals surface area (Å²) in [6.07, 6.45) is 1.16. The van der Waals surface area contributed by atoms with Gasteiger partial charge in [-0.1, -0.05) is 13.0 Å². The Morgan fingerprint density at radius 2 is 2.13 bits per heavy atom. The second-order valence-corrected chi connectivity index (χ2v) is 3.24. The Hall–Kier alpha value is -1.29. The van der Waals surface area contributed by atoms with Gasteiger partial charge in [-0.05, 0) is 19.0 Å². The second kappa shape index (κ2) is 7.06. The zero-order valence-electron chi connectivity index (χ0n) is 9.42. The van der Waals surface area contributed by atoms with Crippen molar-refractivity contribution in [2.75, 3.05) is 32.1 Å². The highest BCUT2D eigenvalue weighted by Gasteiger charge is 1.95. The third-order valence-corrected chi connectivity index (χ3v) is 1.97. The van der Waals surface area contributed by atoms with Gasteiger partial charge in [-0.15, -0.1) is 0 Å². The van der Waals surface area contributed by atoms with Gasteiger partial charge in [-0.2, -0.15) is 4.98 Å². The molecule has 2 N–H and O–H groups in total. The predicted molar refractivity (Wildman–Crippen MR) is 62.4 cm³/mol. The first-order valence-electron chi connectivity index (χ1n) is 5.32. The van der Waals surface area contributed by atoms with Crippen LogP contribution < -0.4 is 15.4 Å². The van der Waals surface area contributed by atoms with Gasteiger partial charge >= 0.3 is 0 Å². The van der Waals surface area contributed by atoms with E-state index in [1.807, 2.05) is 18.2 Å². The van der Waals surface area contributed by atoms with Crippen LogP contribution in [0.15, 0.2) is 18.2 Å². The molecule has 0 unspecified atom stereocenters. The highest BCUT2D eigenvalue weighted by atomic mass is 16.5. The molecule has 0 saturated heterocycles. The largest absolute Gasteiger partial charge is 0.481 e. The maximum absolute atomic E-state index is 5.03. The lowest BCUT2D eigenvalue weighted by Crippen LogP contribution is -2.22. The molecule has 0 atom stereocenters. The quantitative estimate of drug-likeness (QED) is 0.668. The number of methoxy groups -OCH3 is 1. The fraction of sp³-hybridized carbons (Fsp3) is 0.545. The van der Waals surface area contributed by atoms with Crippen molar-refractivity contribution in [1.29, 1.82) is 0 Å². The van der Waals surface area contributed by atoms with Crippen molar-refractivity contribution in [3.05, 3.63) is 18.2 Å². The van der Waals surface area contributed by atoms with E-state index in [9.17, 15) is 0 Å². The van der Waals surface area contributed by atoms with Crippen LogP contribution in [-0.4, -0.2) is 31.7 Å². The van der Waals surface area contributed by atoms with Gasteiger partial charge in [-0.3, -0.25) is 0 Å². The summed E-state index contributed by atoms with van der Waals surface area (Å²) in [4.78, 5) is 4.25. The minimum Gasteiger partial charge on any atom is -0.481 e. The monoisotopic (exact) mass is 209 g/mol. The van der Waals surface area contributed by atoms with Crippen LogP contribution in [0, 0.1) is 0 Å². The highest BCUT2D eigenvalue weighted by Crippen LogP contribution is 2.09. The molecule has 1 aromatic rings. The van der Waals surface area contributed by atoms with Crippen molar-refractivity contribution in [2.45, 2.75) is 13.3 Å². The zero-order valence-corrected chi connectivity index (χ0v) is 9.42. The molecular formula is C11H19N3O. The Bertz CT molecular complexity index is 278. The number of ether oxygens (including phenoxy) is 1. The zero-order chi connectivity index (χ0) is 10.9. The summed E-state index contributed by atoms with van der Waals surface area (Å²) in [6, 6.07) is 5.69. The Balaban J connectivity index is 2.24. The van der Waals surface area contributed by atoms with E-state index in [0.29, 0.717) is 5.88 Å². The third kappa shape index (κ3) is 4.65. The Labute approximate surface area is 91.1 Å². The fourth-order valence-electron chi connectivity index (χ4n) is 1.21. The van der Waals surface area contributed by atoms with Crippen molar-refractivity contribution in [1.82, 2.24) is 10.3 Å². The van der Waals surface area contributed by atoms with Gasteiger partial charge in [-0.25, -0.2) is 0 Å². The molecule has 4 heteroatoms. The number of nitrogens with zero attached hydrogens (tertiary/aromatic N) is 1. The maximum atomic E-state index is 5.03. The van der Waals surface area contributed by atoms with Crippen LogP contribution in [0.4, 0.5) is 5.82 Å². The van der Waals surface area contributed by atoms with Gasteiger partial charge in [0.25, 0.3) is 0 Å². The van der Waals surface area contributed by atoms with E-state index < -0.39 is 0 Å². The average molecular weight is 209 g/mol. The molecule has 0 spiro atoms. The molecule has 0 aliphatic carbocycles. The van der Waals surface area contributed by atoms with Crippen LogP contribution in [0.1, 0.15) is 13.3 Å². The van der Waals surface area contributed by atoms with Crippen molar-refractivity contribution < 1.29 is 4.74 Å². The molecule has 0 bridgehead atoms. The van der Waals surface area contributed by atoms with Gasteiger partial charge in [0.2, 0.25) is 5.88 Å². The van der Waals surface area contributed by atoms with E-state index in [0.717, 1.165) is 31.9 Å². The summed E-state index contributed by atoms with van der Waals surface area (Å²) < 4.78 is 5.03. The standard InChI is InChI=1S/C11H19N3O/c1-3-7-12-8-9-13-10-5-4-6-11(14-10)15-2/h4-6,12H,3,7-9H2,1-2H3,(H,13,14). The number of rotatable bonds is 7. The van der Waals surface area contributed by atoms with Gasteiger partial charge in [0.15, 0.2) is 0 Å². The first-order chi connectivity index (χ1) is 7.36. The van der Waals surface area contributed by atoms with Crippen LogP contribution in [-0.2, 0) is 0 Å². The molecule has 4 nitrogen and oxygen atoms in total. The van der Waals surface area contributed by atoms with Crippen molar-refractivity contribution in [3.8, 4) is 5.88 Å². The molecule has 0 radical (unpaired) electrons. The van der Waals surface area contributed by atoms with Gasteiger partial charge in [0, 0.05) is 19.2 Å². The van der Waals surface area contributed by atoms with Gasteiger partial charge in [0.1, 0.15) is 5.82 Å². The van der Waals surface area contributed by atoms with Gasteiger partial charge < -0.3 is 15.4 Å². The molecule has 15 heavy (non-hydrogen) atoms. The normalized spacial score (nSPS) is 10.0. The molecule has 1 aromatic heterocycles. The number of hydrogen-bond donors (Lipinski definition) is 2. The summed E-state index contributed by atoms with van der Waals surface area (Å²) in [6.45, 7) is 5.05. The average Bonchev–Trinajstić information content (AvgIpc) is 2.29.